The third kappa shape index (κ3) is 7.32. The number of carbonyl (C=O) groups is 3. The Morgan fingerprint density at radius 3 is 2.38 bits per heavy atom. The van der Waals surface area contributed by atoms with Crippen molar-refractivity contribution in [1.82, 2.24) is 14.5 Å². The molecule has 8 nitrogen and oxygen atoms in total. The molecule has 3 aromatic rings. The summed E-state index contributed by atoms with van der Waals surface area (Å²) in [5.41, 5.74) is 1.61. The second kappa shape index (κ2) is 14.2. The summed E-state index contributed by atoms with van der Waals surface area (Å²) >= 11 is 12.6. The smallest absolute Gasteiger partial charge is 0.269 e. The minimum absolute atomic E-state index is 0.0352. The molecule has 0 saturated carbocycles. The molecular weight excluding hydrogens is 597 g/mol. The summed E-state index contributed by atoms with van der Waals surface area (Å²) < 4.78 is 26.7. The Morgan fingerprint density at radius 1 is 0.976 bits per heavy atom. The van der Waals surface area contributed by atoms with E-state index < -0.39 is 22.0 Å². The van der Waals surface area contributed by atoms with Crippen LogP contribution in [-0.4, -0.2) is 54.5 Å². The molecule has 11 heteroatoms. The lowest BCUT2D eigenvalue weighted by Crippen LogP contribution is -2.50. The SMILES string of the molecule is CCCCNC(=O)[C@@H](Cc1ccccc1)N(Cc1ccc(Cl)cc1Cl)C(=O)CCCN1C(=O)c2ccccc2S1(=O)=O. The first-order valence-corrected chi connectivity index (χ1v) is 16.0. The van der Waals surface area contributed by atoms with Crippen molar-refractivity contribution in [1.29, 1.82) is 0 Å². The van der Waals surface area contributed by atoms with Crippen LogP contribution in [0.4, 0.5) is 0 Å². The molecule has 1 aliphatic heterocycles. The average Bonchev–Trinajstić information content (AvgIpc) is 3.17. The number of amides is 3. The number of sulfonamides is 1. The van der Waals surface area contributed by atoms with Crippen LogP contribution in [-0.2, 0) is 32.6 Å². The zero-order chi connectivity index (χ0) is 30.3. The first-order chi connectivity index (χ1) is 20.1. The van der Waals surface area contributed by atoms with Crippen LogP contribution in [0.3, 0.4) is 0 Å². The van der Waals surface area contributed by atoms with Gasteiger partial charge in [-0.25, -0.2) is 12.7 Å². The minimum atomic E-state index is -3.99. The summed E-state index contributed by atoms with van der Waals surface area (Å²) in [6, 6.07) is 19.6. The number of halogens is 2. The molecule has 0 bridgehead atoms. The van der Waals surface area contributed by atoms with E-state index in [9.17, 15) is 22.8 Å². The van der Waals surface area contributed by atoms with E-state index in [1.165, 1.54) is 17.0 Å². The van der Waals surface area contributed by atoms with Crippen LogP contribution in [0.1, 0.15) is 54.1 Å². The van der Waals surface area contributed by atoms with Crippen molar-refractivity contribution in [2.45, 2.75) is 56.5 Å². The van der Waals surface area contributed by atoms with Crippen molar-refractivity contribution in [2.75, 3.05) is 13.1 Å². The van der Waals surface area contributed by atoms with E-state index in [0.29, 0.717) is 22.2 Å². The fourth-order valence-electron chi connectivity index (χ4n) is 4.86. The summed E-state index contributed by atoms with van der Waals surface area (Å²) in [6.45, 7) is 2.37. The Balaban J connectivity index is 1.58. The van der Waals surface area contributed by atoms with Crippen molar-refractivity contribution in [3.63, 3.8) is 0 Å². The van der Waals surface area contributed by atoms with E-state index in [1.54, 1.807) is 30.3 Å². The van der Waals surface area contributed by atoms with Crippen LogP contribution >= 0.6 is 23.2 Å². The van der Waals surface area contributed by atoms with E-state index in [-0.39, 0.29) is 54.6 Å². The van der Waals surface area contributed by atoms with E-state index in [4.69, 9.17) is 23.2 Å². The lowest BCUT2D eigenvalue weighted by molar-refractivity contribution is -0.141. The van der Waals surface area contributed by atoms with Gasteiger partial charge in [0.2, 0.25) is 11.8 Å². The topological polar surface area (TPSA) is 104 Å². The van der Waals surface area contributed by atoms with Crippen molar-refractivity contribution >= 4 is 50.9 Å². The lowest BCUT2D eigenvalue weighted by atomic mass is 10.0. The van der Waals surface area contributed by atoms with Gasteiger partial charge in [-0.2, -0.15) is 0 Å². The van der Waals surface area contributed by atoms with Crippen LogP contribution in [0, 0.1) is 0 Å². The monoisotopic (exact) mass is 629 g/mol. The normalized spacial score (nSPS) is 14.4. The van der Waals surface area contributed by atoms with Crippen molar-refractivity contribution in [3.8, 4) is 0 Å². The van der Waals surface area contributed by atoms with Gasteiger partial charge in [0.25, 0.3) is 15.9 Å². The zero-order valence-corrected chi connectivity index (χ0v) is 25.6. The molecule has 0 saturated heterocycles. The molecule has 1 N–H and O–H groups in total. The highest BCUT2D eigenvalue weighted by Gasteiger charge is 2.40. The molecule has 3 aromatic carbocycles. The number of benzene rings is 3. The number of hydrogen-bond acceptors (Lipinski definition) is 5. The highest BCUT2D eigenvalue weighted by molar-refractivity contribution is 7.90. The highest BCUT2D eigenvalue weighted by Crippen LogP contribution is 2.30. The Bertz CT molecular complexity index is 1550. The van der Waals surface area contributed by atoms with Crippen LogP contribution in [0.15, 0.2) is 77.7 Å². The molecule has 0 radical (unpaired) electrons. The summed E-state index contributed by atoms with van der Waals surface area (Å²) in [5, 5.41) is 3.76. The van der Waals surface area contributed by atoms with Crippen LogP contribution in [0.25, 0.3) is 0 Å². The Labute approximate surface area is 256 Å². The third-order valence-electron chi connectivity index (χ3n) is 7.12. The quantitative estimate of drug-likeness (QED) is 0.252. The molecule has 3 amide bonds. The second-order valence-electron chi connectivity index (χ2n) is 10.1. The number of carbonyl (C=O) groups excluding carboxylic acids is 3. The maximum absolute atomic E-state index is 13.9. The summed E-state index contributed by atoms with van der Waals surface area (Å²) in [7, 11) is -3.99. The van der Waals surface area contributed by atoms with Gasteiger partial charge in [-0.1, -0.05) is 85.1 Å². The molecule has 0 fully saturated rings. The van der Waals surface area contributed by atoms with E-state index >= 15 is 0 Å². The number of unbranched alkanes of at least 4 members (excludes halogenated alkanes) is 1. The minimum Gasteiger partial charge on any atom is -0.354 e. The number of nitrogens with one attached hydrogen (secondary N) is 1. The largest absolute Gasteiger partial charge is 0.354 e. The summed E-state index contributed by atoms with van der Waals surface area (Å²) in [6.07, 6.45) is 1.95. The molecule has 4 rings (SSSR count). The first kappa shape index (κ1) is 31.5. The highest BCUT2D eigenvalue weighted by atomic mass is 35.5. The van der Waals surface area contributed by atoms with Gasteiger partial charge in [-0.05, 0) is 48.2 Å². The number of fused-ring (bicyclic) bond motifs is 1. The summed E-state index contributed by atoms with van der Waals surface area (Å²) in [5.74, 6) is -1.27. The number of nitrogens with zero attached hydrogens (tertiary/aromatic N) is 2. The Hall–Kier alpha value is -3.40. The van der Waals surface area contributed by atoms with E-state index in [1.807, 2.05) is 37.3 Å². The molecule has 0 aromatic heterocycles. The second-order valence-corrected chi connectivity index (χ2v) is 12.8. The van der Waals surface area contributed by atoms with Gasteiger partial charge in [-0.3, -0.25) is 14.4 Å². The molecule has 0 unspecified atom stereocenters. The molecule has 222 valence electrons. The number of hydrogen-bond donors (Lipinski definition) is 1. The predicted octanol–water partition coefficient (Wildman–Crippen LogP) is 5.47. The van der Waals surface area contributed by atoms with Gasteiger partial charge in [0, 0.05) is 42.5 Å². The number of rotatable bonds is 13. The van der Waals surface area contributed by atoms with Gasteiger partial charge in [0.15, 0.2) is 0 Å². The van der Waals surface area contributed by atoms with Crippen molar-refractivity contribution < 1.29 is 22.8 Å². The van der Waals surface area contributed by atoms with E-state index in [2.05, 4.69) is 5.32 Å². The maximum Gasteiger partial charge on any atom is 0.269 e. The lowest BCUT2D eigenvalue weighted by Gasteiger charge is -2.32. The van der Waals surface area contributed by atoms with Gasteiger partial charge < -0.3 is 10.2 Å². The van der Waals surface area contributed by atoms with Crippen LogP contribution in [0.2, 0.25) is 10.0 Å². The summed E-state index contributed by atoms with van der Waals surface area (Å²) in [4.78, 5) is 41.7. The molecule has 1 aliphatic rings. The van der Waals surface area contributed by atoms with Gasteiger partial charge >= 0.3 is 0 Å². The predicted molar refractivity (Wildman–Crippen MR) is 163 cm³/mol. The molecular formula is C31H33Cl2N3O5S. The molecule has 0 aliphatic carbocycles. The Morgan fingerprint density at radius 2 is 1.69 bits per heavy atom. The van der Waals surface area contributed by atoms with Crippen molar-refractivity contribution in [2.24, 2.45) is 0 Å². The van der Waals surface area contributed by atoms with Gasteiger partial charge in [-0.15, -0.1) is 0 Å². The van der Waals surface area contributed by atoms with Crippen molar-refractivity contribution in [3.05, 3.63) is 99.5 Å². The molecule has 1 heterocycles. The van der Waals surface area contributed by atoms with Crippen LogP contribution in [0.5, 0.6) is 0 Å². The molecule has 42 heavy (non-hydrogen) atoms. The van der Waals surface area contributed by atoms with Gasteiger partial charge in [0.05, 0.1) is 5.56 Å². The zero-order valence-electron chi connectivity index (χ0n) is 23.3. The molecule has 0 spiro atoms. The van der Waals surface area contributed by atoms with Crippen LogP contribution < -0.4 is 5.32 Å². The average molecular weight is 631 g/mol. The molecule has 1 atom stereocenters. The fraction of sp³-hybridized carbons (Fsp3) is 0.323. The van der Waals surface area contributed by atoms with E-state index in [0.717, 1.165) is 22.7 Å². The maximum atomic E-state index is 13.9. The fourth-order valence-corrected chi connectivity index (χ4v) is 6.94. The first-order valence-electron chi connectivity index (χ1n) is 13.8. The standard InChI is InChI=1S/C31H33Cl2N3O5S/c1-2-3-17-34-30(38)27(19-22-10-5-4-6-11-22)35(21-23-15-16-24(32)20-26(23)33)29(37)14-9-18-36-31(39)25-12-7-8-13-28(25)42(36,40)41/h4-8,10-13,15-16,20,27H,2-3,9,14,17-19,21H2,1H3,(H,34,38)/t27-/m1/s1. The van der Waals surface area contributed by atoms with Gasteiger partial charge in [0.1, 0.15) is 10.9 Å². The third-order valence-corrected chi connectivity index (χ3v) is 9.55. The Kier molecular flexibility index (Phi) is 10.6.